The van der Waals surface area contributed by atoms with E-state index in [-0.39, 0.29) is 23.2 Å². The molecule has 4 aromatic rings. The van der Waals surface area contributed by atoms with Gasteiger partial charge in [-0.1, -0.05) is 57.2 Å². The summed E-state index contributed by atoms with van der Waals surface area (Å²) >= 11 is 0. The molecule has 2 unspecified atom stereocenters. The van der Waals surface area contributed by atoms with Gasteiger partial charge in [-0.15, -0.1) is 0 Å². The lowest BCUT2D eigenvalue weighted by molar-refractivity contribution is 0.0431. The van der Waals surface area contributed by atoms with Crippen LogP contribution in [0.2, 0.25) is 0 Å². The molecule has 2 bridgehead atoms. The maximum Gasteiger partial charge on any atom is 0.374 e. The monoisotopic (exact) mass is 426 g/mol. The number of carbonyl (C=O) groups is 1. The predicted octanol–water partition coefficient (Wildman–Crippen LogP) is 6.15. The lowest BCUT2D eigenvalue weighted by atomic mass is 9.70. The average molecular weight is 427 g/mol. The topological polar surface area (TPSA) is 57.3 Å². The minimum absolute atomic E-state index is 0.0385. The number of furan rings is 1. The molecule has 6 rings (SSSR count). The quantitative estimate of drug-likeness (QED) is 0.367. The van der Waals surface area contributed by atoms with Gasteiger partial charge in [0, 0.05) is 16.4 Å². The normalized spacial score (nSPS) is 22.9. The standard InChI is InChI=1S/C27H26N2O3/c1-26(2)19-13-14-27(26,3)24-23(19)20(28-29(24)18-10-5-4-6-11-18)16-31-25(30)22-15-17-9-7-8-12-21(17)32-22/h4-12,15,19H,13-14,16H2,1-3H3. The Morgan fingerprint density at radius 3 is 2.66 bits per heavy atom. The van der Waals surface area contributed by atoms with E-state index < -0.39 is 5.97 Å². The van der Waals surface area contributed by atoms with Crippen LogP contribution < -0.4 is 0 Å². The van der Waals surface area contributed by atoms with Crippen LogP contribution in [-0.4, -0.2) is 15.7 Å². The van der Waals surface area contributed by atoms with E-state index in [1.165, 1.54) is 11.3 Å². The SMILES string of the molecule is CC12CCC(c3c(COC(=O)c4cc5ccccc5o4)nn(-c4ccccc4)c31)C2(C)C. The summed E-state index contributed by atoms with van der Waals surface area (Å²) < 4.78 is 13.5. The summed E-state index contributed by atoms with van der Waals surface area (Å²) in [6.07, 6.45) is 2.29. The molecule has 0 amide bonds. The van der Waals surface area contributed by atoms with E-state index >= 15 is 0 Å². The molecule has 0 spiro atoms. The third-order valence-corrected chi connectivity index (χ3v) is 8.06. The highest BCUT2D eigenvalue weighted by atomic mass is 16.5. The summed E-state index contributed by atoms with van der Waals surface area (Å²) in [7, 11) is 0. The van der Waals surface area contributed by atoms with Crippen molar-refractivity contribution in [2.75, 3.05) is 0 Å². The first kappa shape index (κ1) is 19.4. The minimum Gasteiger partial charge on any atom is -0.453 e. The summed E-state index contributed by atoms with van der Waals surface area (Å²) in [5, 5.41) is 5.86. The van der Waals surface area contributed by atoms with E-state index in [4.69, 9.17) is 14.3 Å². The number of hydrogen-bond acceptors (Lipinski definition) is 4. The maximum atomic E-state index is 12.8. The Morgan fingerprint density at radius 2 is 1.88 bits per heavy atom. The zero-order valence-electron chi connectivity index (χ0n) is 18.6. The van der Waals surface area contributed by atoms with Crippen LogP contribution in [-0.2, 0) is 16.8 Å². The zero-order chi connectivity index (χ0) is 22.1. The van der Waals surface area contributed by atoms with Crippen LogP contribution in [0.1, 0.15) is 67.0 Å². The number of esters is 1. The molecule has 5 nitrogen and oxygen atoms in total. The van der Waals surface area contributed by atoms with Crippen molar-refractivity contribution in [3.05, 3.63) is 83.4 Å². The Balaban J connectivity index is 1.37. The van der Waals surface area contributed by atoms with Crippen LogP contribution in [0.5, 0.6) is 0 Å². The summed E-state index contributed by atoms with van der Waals surface area (Å²) in [6.45, 7) is 7.24. The van der Waals surface area contributed by atoms with Crippen LogP contribution in [0.15, 0.2) is 65.1 Å². The third kappa shape index (κ3) is 2.51. The van der Waals surface area contributed by atoms with Gasteiger partial charge in [0.1, 0.15) is 17.9 Å². The second-order valence-electron chi connectivity index (χ2n) is 9.83. The molecule has 0 saturated heterocycles. The molecule has 2 aromatic carbocycles. The number of carbonyl (C=O) groups excluding carboxylic acids is 1. The number of benzene rings is 2. The Hall–Kier alpha value is -3.34. The van der Waals surface area contributed by atoms with Crippen molar-refractivity contribution in [2.45, 2.75) is 51.6 Å². The average Bonchev–Trinajstić information content (AvgIpc) is 3.49. The molecule has 0 N–H and O–H groups in total. The molecular formula is C27H26N2O3. The van der Waals surface area contributed by atoms with Gasteiger partial charge in [0.15, 0.2) is 0 Å². The Labute approximate surface area is 187 Å². The van der Waals surface area contributed by atoms with Crippen molar-refractivity contribution in [2.24, 2.45) is 5.41 Å². The van der Waals surface area contributed by atoms with Crippen molar-refractivity contribution < 1.29 is 13.9 Å². The number of rotatable bonds is 4. The largest absolute Gasteiger partial charge is 0.453 e. The lowest BCUT2D eigenvalue weighted by Crippen LogP contribution is -2.33. The lowest BCUT2D eigenvalue weighted by Gasteiger charge is -2.35. The van der Waals surface area contributed by atoms with Gasteiger partial charge >= 0.3 is 5.97 Å². The number of nitrogens with zero attached hydrogens (tertiary/aromatic N) is 2. The van der Waals surface area contributed by atoms with E-state index in [1.807, 2.05) is 42.5 Å². The molecule has 0 radical (unpaired) electrons. The number of ether oxygens (including phenoxy) is 1. The first-order valence-electron chi connectivity index (χ1n) is 11.2. The third-order valence-electron chi connectivity index (χ3n) is 8.06. The Bertz CT molecular complexity index is 1320. The van der Waals surface area contributed by atoms with Crippen molar-refractivity contribution in [1.29, 1.82) is 0 Å². The highest BCUT2D eigenvalue weighted by Gasteiger charge is 2.62. The number of fused-ring (bicyclic) bond motifs is 6. The highest BCUT2D eigenvalue weighted by Crippen LogP contribution is 2.68. The predicted molar refractivity (Wildman–Crippen MR) is 122 cm³/mol. The van der Waals surface area contributed by atoms with E-state index in [1.54, 1.807) is 6.07 Å². The first-order chi connectivity index (χ1) is 15.4. The van der Waals surface area contributed by atoms with Gasteiger partial charge < -0.3 is 9.15 Å². The molecule has 162 valence electrons. The highest BCUT2D eigenvalue weighted by molar-refractivity contribution is 5.92. The molecule has 0 aliphatic heterocycles. The fraction of sp³-hybridized carbons (Fsp3) is 0.333. The summed E-state index contributed by atoms with van der Waals surface area (Å²) in [6, 6.07) is 19.6. The Morgan fingerprint density at radius 1 is 1.12 bits per heavy atom. The molecule has 2 aromatic heterocycles. The fourth-order valence-electron chi connectivity index (χ4n) is 5.95. The summed E-state index contributed by atoms with van der Waals surface area (Å²) in [5.74, 6) is 0.178. The number of para-hydroxylation sites is 2. The molecule has 1 fully saturated rings. The second-order valence-corrected chi connectivity index (χ2v) is 9.83. The molecule has 2 aliphatic carbocycles. The molecule has 2 atom stereocenters. The van der Waals surface area contributed by atoms with Crippen LogP contribution in [0.4, 0.5) is 0 Å². The van der Waals surface area contributed by atoms with Crippen LogP contribution >= 0.6 is 0 Å². The van der Waals surface area contributed by atoms with E-state index in [0.717, 1.165) is 29.6 Å². The van der Waals surface area contributed by atoms with Crippen LogP contribution in [0.25, 0.3) is 16.7 Å². The zero-order valence-corrected chi connectivity index (χ0v) is 18.6. The number of hydrogen-bond donors (Lipinski definition) is 0. The van der Waals surface area contributed by atoms with Gasteiger partial charge in [-0.2, -0.15) is 5.10 Å². The first-order valence-corrected chi connectivity index (χ1v) is 11.2. The van der Waals surface area contributed by atoms with Gasteiger partial charge in [-0.3, -0.25) is 0 Å². The Kier molecular flexibility index (Phi) is 3.98. The van der Waals surface area contributed by atoms with Crippen molar-refractivity contribution in [1.82, 2.24) is 9.78 Å². The molecule has 5 heteroatoms. The molecular weight excluding hydrogens is 400 g/mol. The van der Waals surface area contributed by atoms with Crippen molar-refractivity contribution >= 4 is 16.9 Å². The van der Waals surface area contributed by atoms with Crippen molar-refractivity contribution in [3.63, 3.8) is 0 Å². The van der Waals surface area contributed by atoms with Crippen molar-refractivity contribution in [3.8, 4) is 5.69 Å². The van der Waals surface area contributed by atoms with E-state index in [2.05, 4.69) is 37.6 Å². The molecule has 32 heavy (non-hydrogen) atoms. The van der Waals surface area contributed by atoms with Gasteiger partial charge in [-0.25, -0.2) is 9.48 Å². The second kappa shape index (κ2) is 6.58. The number of aromatic nitrogens is 2. The van der Waals surface area contributed by atoms with E-state index in [9.17, 15) is 4.79 Å². The summed E-state index contributed by atoms with van der Waals surface area (Å²) in [5.41, 5.74) is 5.30. The van der Waals surface area contributed by atoms with Crippen LogP contribution in [0, 0.1) is 5.41 Å². The van der Waals surface area contributed by atoms with Crippen LogP contribution in [0.3, 0.4) is 0 Å². The van der Waals surface area contributed by atoms with E-state index in [0.29, 0.717) is 11.5 Å². The maximum absolute atomic E-state index is 12.8. The smallest absolute Gasteiger partial charge is 0.374 e. The fourth-order valence-corrected chi connectivity index (χ4v) is 5.95. The molecule has 2 heterocycles. The minimum atomic E-state index is -0.460. The summed E-state index contributed by atoms with van der Waals surface area (Å²) in [4.78, 5) is 12.8. The van der Waals surface area contributed by atoms with Gasteiger partial charge in [0.05, 0.1) is 11.4 Å². The van der Waals surface area contributed by atoms with Gasteiger partial charge in [0.25, 0.3) is 0 Å². The van der Waals surface area contributed by atoms with Gasteiger partial charge in [-0.05, 0) is 48.4 Å². The van der Waals surface area contributed by atoms with Gasteiger partial charge in [0.2, 0.25) is 5.76 Å². The molecule has 2 aliphatic rings. The molecule has 1 saturated carbocycles.